The summed E-state index contributed by atoms with van der Waals surface area (Å²) in [5.74, 6) is 0.174. The van der Waals surface area contributed by atoms with Crippen molar-refractivity contribution in [2.24, 2.45) is 0 Å². The Labute approximate surface area is 83.0 Å². The average molecular weight is 194 g/mol. The number of ketones is 1. The summed E-state index contributed by atoms with van der Waals surface area (Å²) in [6.07, 6.45) is 6.43. The fourth-order valence-corrected chi connectivity index (χ4v) is 1.83. The summed E-state index contributed by atoms with van der Waals surface area (Å²) in [7, 11) is 1.62. The topological polar surface area (TPSA) is 39.4 Å². The Bertz CT molecular complexity index is 304. The second-order valence-electron chi connectivity index (χ2n) is 3.78. The fraction of sp³-hybridized carbons (Fsp3) is 0.545. The summed E-state index contributed by atoms with van der Waals surface area (Å²) in [6.45, 7) is 0. The highest BCUT2D eigenvalue weighted by molar-refractivity contribution is 5.90. The molecule has 2 rings (SSSR count). The lowest BCUT2D eigenvalue weighted by Crippen LogP contribution is -2.47. The lowest BCUT2D eigenvalue weighted by atomic mass is 9.75. The second-order valence-corrected chi connectivity index (χ2v) is 3.78. The molecule has 0 amide bonds. The van der Waals surface area contributed by atoms with E-state index in [0.717, 1.165) is 24.8 Å². The highest BCUT2D eigenvalue weighted by Crippen LogP contribution is 2.36. The van der Waals surface area contributed by atoms with Crippen molar-refractivity contribution in [1.29, 1.82) is 0 Å². The maximum Gasteiger partial charge on any atom is 0.169 e. The monoisotopic (exact) mass is 194 g/mol. The van der Waals surface area contributed by atoms with Gasteiger partial charge in [-0.25, -0.2) is 0 Å². The van der Waals surface area contributed by atoms with Gasteiger partial charge in [0.25, 0.3) is 0 Å². The molecular weight excluding hydrogens is 180 g/mol. The van der Waals surface area contributed by atoms with Gasteiger partial charge >= 0.3 is 0 Å². The van der Waals surface area contributed by atoms with Crippen molar-refractivity contribution < 1.29 is 13.9 Å². The van der Waals surface area contributed by atoms with Gasteiger partial charge in [-0.15, -0.1) is 0 Å². The van der Waals surface area contributed by atoms with Crippen LogP contribution in [0.2, 0.25) is 0 Å². The van der Waals surface area contributed by atoms with Gasteiger partial charge in [-0.05, 0) is 30.9 Å². The Hall–Kier alpha value is -1.09. The van der Waals surface area contributed by atoms with E-state index < -0.39 is 5.60 Å². The van der Waals surface area contributed by atoms with Gasteiger partial charge in [0, 0.05) is 13.5 Å². The molecule has 1 aromatic heterocycles. The number of Topliss-reactive ketones (excluding diaryl/α,β-unsaturated/α-hetero) is 1. The van der Waals surface area contributed by atoms with Crippen LogP contribution in [-0.2, 0) is 16.0 Å². The molecule has 1 heterocycles. The van der Waals surface area contributed by atoms with Crippen LogP contribution in [0.5, 0.6) is 0 Å². The number of furan rings is 1. The molecule has 0 aromatic carbocycles. The highest BCUT2D eigenvalue weighted by atomic mass is 16.5. The van der Waals surface area contributed by atoms with Gasteiger partial charge in [0.05, 0.1) is 12.5 Å². The van der Waals surface area contributed by atoms with E-state index >= 15 is 0 Å². The second kappa shape index (κ2) is 3.58. The normalized spacial score (nSPS) is 18.9. The van der Waals surface area contributed by atoms with Crippen LogP contribution in [0.3, 0.4) is 0 Å². The highest BCUT2D eigenvalue weighted by Gasteiger charge is 2.43. The zero-order chi connectivity index (χ0) is 10.0. The van der Waals surface area contributed by atoms with E-state index in [1.807, 2.05) is 6.07 Å². The van der Waals surface area contributed by atoms with E-state index in [1.54, 1.807) is 19.6 Å². The summed E-state index contributed by atoms with van der Waals surface area (Å²) >= 11 is 0. The summed E-state index contributed by atoms with van der Waals surface area (Å²) in [6, 6.07) is 1.82. The minimum atomic E-state index is -0.489. The van der Waals surface area contributed by atoms with Crippen LogP contribution in [0.4, 0.5) is 0 Å². The number of methoxy groups -OCH3 is 1. The van der Waals surface area contributed by atoms with Crippen molar-refractivity contribution in [3.05, 3.63) is 24.2 Å². The molecule has 0 saturated heterocycles. The average Bonchev–Trinajstić information content (AvgIpc) is 2.55. The number of carbonyl (C=O) groups is 1. The first-order chi connectivity index (χ1) is 6.77. The van der Waals surface area contributed by atoms with Gasteiger partial charge in [-0.2, -0.15) is 0 Å². The van der Waals surface area contributed by atoms with Gasteiger partial charge in [-0.1, -0.05) is 0 Å². The van der Waals surface area contributed by atoms with E-state index in [2.05, 4.69) is 0 Å². The standard InChI is InChI=1S/C11H14O3/c1-13-11(4-2-5-11)10(12)7-9-3-6-14-8-9/h3,6,8H,2,4-5,7H2,1H3. The molecule has 1 aromatic rings. The number of ether oxygens (including phenoxy) is 1. The Kier molecular flexibility index (Phi) is 2.42. The van der Waals surface area contributed by atoms with E-state index in [9.17, 15) is 4.79 Å². The number of rotatable bonds is 4. The van der Waals surface area contributed by atoms with Gasteiger partial charge in [0.1, 0.15) is 5.60 Å². The van der Waals surface area contributed by atoms with Crippen LogP contribution in [0.15, 0.2) is 23.0 Å². The van der Waals surface area contributed by atoms with Crippen LogP contribution >= 0.6 is 0 Å². The first-order valence-electron chi connectivity index (χ1n) is 4.86. The van der Waals surface area contributed by atoms with E-state index in [4.69, 9.17) is 9.15 Å². The fourth-order valence-electron chi connectivity index (χ4n) is 1.83. The molecule has 0 bridgehead atoms. The van der Waals surface area contributed by atoms with Crippen molar-refractivity contribution in [1.82, 2.24) is 0 Å². The summed E-state index contributed by atoms with van der Waals surface area (Å²) < 4.78 is 10.2. The minimum absolute atomic E-state index is 0.174. The largest absolute Gasteiger partial charge is 0.472 e. The summed E-state index contributed by atoms with van der Waals surface area (Å²) in [4.78, 5) is 11.9. The van der Waals surface area contributed by atoms with Gasteiger partial charge < -0.3 is 9.15 Å². The van der Waals surface area contributed by atoms with Crippen LogP contribution in [0.1, 0.15) is 24.8 Å². The van der Waals surface area contributed by atoms with Crippen LogP contribution in [0.25, 0.3) is 0 Å². The van der Waals surface area contributed by atoms with E-state index in [1.165, 1.54) is 0 Å². The molecule has 1 aliphatic rings. The Morgan fingerprint density at radius 3 is 2.86 bits per heavy atom. The molecule has 1 saturated carbocycles. The van der Waals surface area contributed by atoms with Gasteiger partial charge in [-0.3, -0.25) is 4.79 Å². The maximum atomic E-state index is 11.9. The molecule has 0 radical (unpaired) electrons. The molecule has 3 heteroatoms. The molecule has 0 atom stereocenters. The zero-order valence-corrected chi connectivity index (χ0v) is 8.29. The number of carbonyl (C=O) groups excluding carboxylic acids is 1. The van der Waals surface area contributed by atoms with Crippen molar-refractivity contribution in [2.75, 3.05) is 7.11 Å². The van der Waals surface area contributed by atoms with Gasteiger partial charge in [0.2, 0.25) is 0 Å². The number of hydrogen-bond donors (Lipinski definition) is 0. The molecule has 3 nitrogen and oxygen atoms in total. The Balaban J connectivity index is 2.01. The molecule has 0 unspecified atom stereocenters. The minimum Gasteiger partial charge on any atom is -0.472 e. The smallest absolute Gasteiger partial charge is 0.169 e. The third kappa shape index (κ3) is 1.48. The maximum absolute atomic E-state index is 11.9. The number of hydrogen-bond acceptors (Lipinski definition) is 3. The molecule has 14 heavy (non-hydrogen) atoms. The molecule has 1 fully saturated rings. The molecule has 0 aliphatic heterocycles. The summed E-state index contributed by atoms with van der Waals surface area (Å²) in [5, 5.41) is 0. The predicted molar refractivity (Wildman–Crippen MR) is 51.0 cm³/mol. The van der Waals surface area contributed by atoms with Gasteiger partial charge in [0.15, 0.2) is 5.78 Å². The predicted octanol–water partition coefficient (Wildman–Crippen LogP) is 1.96. The van der Waals surface area contributed by atoms with E-state index in [-0.39, 0.29) is 5.78 Å². The molecular formula is C11H14O3. The van der Waals surface area contributed by atoms with E-state index in [0.29, 0.717) is 6.42 Å². The third-order valence-electron chi connectivity index (χ3n) is 3.00. The summed E-state index contributed by atoms with van der Waals surface area (Å²) in [5.41, 5.74) is 0.440. The van der Waals surface area contributed by atoms with Crippen LogP contribution in [0, 0.1) is 0 Å². The van der Waals surface area contributed by atoms with Crippen LogP contribution < -0.4 is 0 Å². The first kappa shape index (κ1) is 9.46. The molecule has 0 spiro atoms. The third-order valence-corrected chi connectivity index (χ3v) is 3.00. The van der Waals surface area contributed by atoms with Crippen molar-refractivity contribution in [3.63, 3.8) is 0 Å². The lowest BCUT2D eigenvalue weighted by molar-refractivity contribution is -0.151. The van der Waals surface area contributed by atoms with Crippen molar-refractivity contribution in [2.45, 2.75) is 31.3 Å². The van der Waals surface area contributed by atoms with Crippen molar-refractivity contribution >= 4 is 5.78 Å². The quantitative estimate of drug-likeness (QED) is 0.735. The lowest BCUT2D eigenvalue weighted by Gasteiger charge is -2.38. The molecule has 0 N–H and O–H groups in total. The molecule has 76 valence electrons. The Morgan fingerprint density at radius 2 is 2.43 bits per heavy atom. The first-order valence-corrected chi connectivity index (χ1v) is 4.86. The molecule has 1 aliphatic carbocycles. The van der Waals surface area contributed by atoms with Crippen LogP contribution in [-0.4, -0.2) is 18.5 Å². The van der Waals surface area contributed by atoms with Crippen molar-refractivity contribution in [3.8, 4) is 0 Å². The SMILES string of the molecule is COC1(C(=O)Cc2ccoc2)CCC1. The zero-order valence-electron chi connectivity index (χ0n) is 8.29. The Morgan fingerprint density at radius 1 is 1.64 bits per heavy atom.